The Labute approximate surface area is 269 Å². The van der Waals surface area contributed by atoms with Crippen molar-refractivity contribution in [3.8, 4) is 22.3 Å². The number of halogens is 4. The Morgan fingerprint density at radius 3 is 1.10 bits per heavy atom. The molecule has 8 aromatic carbocycles. The van der Waals surface area contributed by atoms with Crippen LogP contribution in [-0.2, 0) is 0 Å². The molecule has 0 fully saturated rings. The van der Waals surface area contributed by atoms with Crippen molar-refractivity contribution in [3.05, 3.63) is 140 Å². The number of rotatable bonds is 2. The molecule has 200 valence electrons. The normalized spacial score (nSPS) is 11.8. The maximum Gasteiger partial charge on any atom is 0.0563 e. The standard InChI is InChI=1S/C38H20Br2Cl2/c39-33-11-3-7-21-5-1-9-27(35(21)33)31-19-15-25-23-14-18-30-26(24(23)13-17-29(25)37(31)41)16-20-32(38(30)42)28-10-2-6-22-8-4-12-34(40)36(22)28/h1-20H. The highest BCUT2D eigenvalue weighted by Gasteiger charge is 2.17. The van der Waals surface area contributed by atoms with E-state index in [9.17, 15) is 0 Å². The molecule has 0 aliphatic rings. The van der Waals surface area contributed by atoms with Crippen molar-refractivity contribution in [2.75, 3.05) is 0 Å². The van der Waals surface area contributed by atoms with E-state index >= 15 is 0 Å². The Hall–Kier alpha value is -3.40. The number of benzene rings is 8. The molecule has 0 radical (unpaired) electrons. The summed E-state index contributed by atoms with van der Waals surface area (Å²) < 4.78 is 2.12. The molecule has 8 aromatic rings. The third-order valence-corrected chi connectivity index (χ3v) is 10.5. The Balaban J connectivity index is 1.33. The summed E-state index contributed by atoms with van der Waals surface area (Å²) in [5.41, 5.74) is 4.28. The Morgan fingerprint density at radius 1 is 0.333 bits per heavy atom. The van der Waals surface area contributed by atoms with E-state index in [2.05, 4.69) is 153 Å². The largest absolute Gasteiger partial charge is 0.0830 e. The minimum absolute atomic E-state index is 0.757. The first kappa shape index (κ1) is 26.2. The van der Waals surface area contributed by atoms with Crippen molar-refractivity contribution in [1.29, 1.82) is 0 Å². The number of fused-ring (bicyclic) bond motifs is 7. The summed E-state index contributed by atoms with van der Waals surface area (Å²) in [5, 5.41) is 12.8. The second kappa shape index (κ2) is 10.1. The molecule has 8 rings (SSSR count). The van der Waals surface area contributed by atoms with Crippen LogP contribution in [0.15, 0.2) is 130 Å². The lowest BCUT2D eigenvalue weighted by atomic mass is 9.91. The third-order valence-electron chi connectivity index (χ3n) is 8.35. The van der Waals surface area contributed by atoms with Crippen LogP contribution in [0.2, 0.25) is 10.0 Å². The second-order valence-corrected chi connectivity index (χ2v) is 13.0. The first-order valence-corrected chi connectivity index (χ1v) is 16.0. The van der Waals surface area contributed by atoms with Crippen LogP contribution in [0.5, 0.6) is 0 Å². The predicted molar refractivity (Wildman–Crippen MR) is 190 cm³/mol. The summed E-state index contributed by atoms with van der Waals surface area (Å²) in [6, 6.07) is 42.6. The van der Waals surface area contributed by atoms with E-state index in [-0.39, 0.29) is 0 Å². The molecule has 0 nitrogen and oxygen atoms in total. The minimum atomic E-state index is 0.757. The van der Waals surface area contributed by atoms with E-state index < -0.39 is 0 Å². The van der Waals surface area contributed by atoms with Gasteiger partial charge in [-0.3, -0.25) is 0 Å². The van der Waals surface area contributed by atoms with Gasteiger partial charge < -0.3 is 0 Å². The summed E-state index contributed by atoms with van der Waals surface area (Å²) in [7, 11) is 0. The first-order chi connectivity index (χ1) is 20.5. The highest BCUT2D eigenvalue weighted by atomic mass is 79.9. The first-order valence-electron chi connectivity index (χ1n) is 13.6. The van der Waals surface area contributed by atoms with Crippen LogP contribution in [0.4, 0.5) is 0 Å². The fourth-order valence-electron chi connectivity index (χ4n) is 6.42. The van der Waals surface area contributed by atoms with Crippen LogP contribution in [0, 0.1) is 0 Å². The lowest BCUT2D eigenvalue weighted by molar-refractivity contribution is 1.66. The third kappa shape index (κ3) is 3.93. The zero-order chi connectivity index (χ0) is 28.5. The predicted octanol–water partition coefficient (Wildman–Crippen LogP) is 13.6. The van der Waals surface area contributed by atoms with E-state index in [0.29, 0.717) is 0 Å². The smallest absolute Gasteiger partial charge is 0.0563 e. The molecule has 0 aliphatic carbocycles. The highest BCUT2D eigenvalue weighted by molar-refractivity contribution is 9.11. The molecule has 0 unspecified atom stereocenters. The van der Waals surface area contributed by atoms with Crippen LogP contribution < -0.4 is 0 Å². The molecular formula is C38H20Br2Cl2. The summed E-state index contributed by atoms with van der Waals surface area (Å²) in [4.78, 5) is 0. The summed E-state index contributed by atoms with van der Waals surface area (Å²) >= 11 is 21.9. The van der Waals surface area contributed by atoms with Gasteiger partial charge in [-0.15, -0.1) is 0 Å². The number of hydrogen-bond donors (Lipinski definition) is 0. The van der Waals surface area contributed by atoms with Gasteiger partial charge in [0.1, 0.15) is 0 Å². The Kier molecular flexibility index (Phi) is 6.31. The van der Waals surface area contributed by atoms with Crippen molar-refractivity contribution < 1.29 is 0 Å². The zero-order valence-corrected chi connectivity index (χ0v) is 26.7. The maximum atomic E-state index is 7.18. The second-order valence-electron chi connectivity index (χ2n) is 10.6. The highest BCUT2D eigenvalue weighted by Crippen LogP contribution is 2.45. The average molecular weight is 707 g/mol. The molecule has 0 amide bonds. The van der Waals surface area contributed by atoms with Crippen LogP contribution in [-0.4, -0.2) is 0 Å². The molecule has 4 heteroatoms. The SMILES string of the molecule is Clc1c(-c2cccc3cccc(Br)c23)ccc2c1ccc1c3ccc(-c4cccc5cccc(Br)c45)c(Cl)c3ccc21. The van der Waals surface area contributed by atoms with Gasteiger partial charge in [-0.25, -0.2) is 0 Å². The van der Waals surface area contributed by atoms with Crippen LogP contribution in [0.25, 0.3) is 76.1 Å². The van der Waals surface area contributed by atoms with Crippen molar-refractivity contribution in [3.63, 3.8) is 0 Å². The molecule has 0 saturated carbocycles. The minimum Gasteiger partial charge on any atom is -0.0830 e. The molecule has 0 bridgehead atoms. The van der Waals surface area contributed by atoms with Gasteiger partial charge >= 0.3 is 0 Å². The van der Waals surface area contributed by atoms with Crippen molar-refractivity contribution in [2.45, 2.75) is 0 Å². The van der Waals surface area contributed by atoms with Gasteiger partial charge in [-0.2, -0.15) is 0 Å². The topological polar surface area (TPSA) is 0 Å². The van der Waals surface area contributed by atoms with Crippen LogP contribution in [0.3, 0.4) is 0 Å². The monoisotopic (exact) mass is 704 g/mol. The molecule has 0 heterocycles. The molecule has 0 saturated heterocycles. The van der Waals surface area contributed by atoms with E-state index in [1.54, 1.807) is 0 Å². The Morgan fingerprint density at radius 2 is 0.667 bits per heavy atom. The van der Waals surface area contributed by atoms with Crippen molar-refractivity contribution in [1.82, 2.24) is 0 Å². The Bertz CT molecular complexity index is 2230. The van der Waals surface area contributed by atoms with E-state index in [1.165, 1.54) is 10.8 Å². The average Bonchev–Trinajstić information content (AvgIpc) is 3.01. The molecule has 0 atom stereocenters. The van der Waals surface area contributed by atoms with E-state index in [4.69, 9.17) is 23.2 Å². The molecule has 42 heavy (non-hydrogen) atoms. The molecule has 0 spiro atoms. The number of hydrogen-bond acceptors (Lipinski definition) is 0. The van der Waals surface area contributed by atoms with Gasteiger partial charge in [-0.05, 0) is 55.6 Å². The fraction of sp³-hybridized carbons (Fsp3) is 0. The lowest BCUT2D eigenvalue weighted by Crippen LogP contribution is -1.89. The fourth-order valence-corrected chi connectivity index (χ4v) is 8.27. The van der Waals surface area contributed by atoms with E-state index in [0.717, 1.165) is 84.3 Å². The molecule has 0 N–H and O–H groups in total. The van der Waals surface area contributed by atoms with Gasteiger partial charge in [0.15, 0.2) is 0 Å². The van der Waals surface area contributed by atoms with Crippen molar-refractivity contribution in [2.24, 2.45) is 0 Å². The van der Waals surface area contributed by atoms with Gasteiger partial charge in [0.25, 0.3) is 0 Å². The van der Waals surface area contributed by atoms with Crippen LogP contribution >= 0.6 is 55.1 Å². The quantitative estimate of drug-likeness (QED) is 0.157. The van der Waals surface area contributed by atoms with Gasteiger partial charge in [0.05, 0.1) is 10.0 Å². The van der Waals surface area contributed by atoms with Crippen LogP contribution in [0.1, 0.15) is 0 Å². The van der Waals surface area contributed by atoms with Gasteiger partial charge in [0, 0.05) is 41.6 Å². The summed E-state index contributed by atoms with van der Waals surface area (Å²) in [5.74, 6) is 0. The maximum absolute atomic E-state index is 7.18. The summed E-state index contributed by atoms with van der Waals surface area (Å²) in [6.07, 6.45) is 0. The molecule has 0 aliphatic heterocycles. The molecular weight excluding hydrogens is 687 g/mol. The molecule has 0 aromatic heterocycles. The zero-order valence-electron chi connectivity index (χ0n) is 22.1. The lowest BCUT2D eigenvalue weighted by Gasteiger charge is -2.15. The van der Waals surface area contributed by atoms with Crippen molar-refractivity contribution >= 4 is 109 Å². The van der Waals surface area contributed by atoms with Gasteiger partial charge in [-0.1, -0.05) is 164 Å². The summed E-state index contributed by atoms with van der Waals surface area (Å²) in [6.45, 7) is 0. The van der Waals surface area contributed by atoms with E-state index in [1.807, 2.05) is 0 Å². The van der Waals surface area contributed by atoms with Gasteiger partial charge in [0.2, 0.25) is 0 Å².